The molecule has 0 atom stereocenters. The van der Waals surface area contributed by atoms with Crippen molar-refractivity contribution in [3.63, 3.8) is 0 Å². The first-order valence-electron chi connectivity index (χ1n) is 13.0. The fourth-order valence-electron chi connectivity index (χ4n) is 4.74. The minimum atomic E-state index is 0.136. The van der Waals surface area contributed by atoms with Crippen LogP contribution < -0.4 is 0 Å². The van der Waals surface area contributed by atoms with Gasteiger partial charge in [-0.05, 0) is 47.7 Å². The van der Waals surface area contributed by atoms with Gasteiger partial charge in [-0.3, -0.25) is 4.79 Å². The second kappa shape index (κ2) is 11.7. The van der Waals surface area contributed by atoms with Crippen LogP contribution in [0.1, 0.15) is 43.6 Å². The zero-order valence-corrected chi connectivity index (χ0v) is 22.1. The largest absolute Gasteiger partial charge is 0.349 e. The number of hydrogen-bond acceptors (Lipinski definition) is 7. The molecular weight excluding hydrogens is 486 g/mol. The maximum absolute atomic E-state index is 12.5. The number of nitriles is 1. The summed E-state index contributed by atoms with van der Waals surface area (Å²) >= 11 is 0. The lowest BCUT2D eigenvalue weighted by Crippen LogP contribution is -2.35. The predicted molar refractivity (Wildman–Crippen MR) is 150 cm³/mol. The van der Waals surface area contributed by atoms with E-state index in [0.717, 1.165) is 39.4 Å². The third kappa shape index (κ3) is 5.86. The van der Waals surface area contributed by atoms with Crippen LogP contribution in [-0.4, -0.2) is 33.2 Å². The molecule has 1 aliphatic rings. The van der Waals surface area contributed by atoms with Crippen molar-refractivity contribution in [3.05, 3.63) is 107 Å². The maximum atomic E-state index is 12.5. The lowest BCUT2D eigenvalue weighted by molar-refractivity contribution is -0.118. The topological polar surface area (TPSA) is 95.4 Å². The number of hydrogen-bond donors (Lipinski definition) is 0. The molecule has 0 radical (unpaired) electrons. The summed E-state index contributed by atoms with van der Waals surface area (Å²) in [4.78, 5) is 24.0. The molecule has 5 rings (SSSR count). The fraction of sp³-hybridized carbons (Fsp3) is 0.219. The van der Waals surface area contributed by atoms with Crippen LogP contribution in [0.15, 0.2) is 99.6 Å². The van der Waals surface area contributed by atoms with Crippen molar-refractivity contribution in [1.82, 2.24) is 15.0 Å². The van der Waals surface area contributed by atoms with Gasteiger partial charge in [-0.2, -0.15) is 10.2 Å². The molecular formula is C32H29N5O2. The van der Waals surface area contributed by atoms with Gasteiger partial charge in [0.1, 0.15) is 17.7 Å². The van der Waals surface area contributed by atoms with Gasteiger partial charge in [0.2, 0.25) is 0 Å². The Balaban J connectivity index is 1.44. The lowest BCUT2D eigenvalue weighted by Gasteiger charge is -2.30. The average Bonchev–Trinajstić information content (AvgIpc) is 3.44. The zero-order chi connectivity index (χ0) is 27.2. The Bertz CT molecular complexity index is 1580. The zero-order valence-electron chi connectivity index (χ0n) is 22.1. The normalized spacial score (nSPS) is 13.3. The summed E-state index contributed by atoms with van der Waals surface area (Å²) in [6.45, 7) is 4.77. The molecule has 0 bridgehead atoms. The Morgan fingerprint density at radius 2 is 1.72 bits per heavy atom. The number of Topliss-reactive ketones (excluding diaryl/α,β-unsaturated/α-hetero) is 1. The first kappa shape index (κ1) is 25.8. The van der Waals surface area contributed by atoms with Crippen LogP contribution in [0.3, 0.4) is 0 Å². The van der Waals surface area contributed by atoms with Gasteiger partial charge < -0.3 is 9.42 Å². The predicted octanol–water partition coefficient (Wildman–Crippen LogP) is 6.38. The van der Waals surface area contributed by atoms with E-state index in [1.54, 1.807) is 0 Å². The number of allylic oxidation sites excluding steroid dienone is 1. The summed E-state index contributed by atoms with van der Waals surface area (Å²) in [5.74, 6) is 1.96. The van der Waals surface area contributed by atoms with Gasteiger partial charge in [-0.25, -0.2) is 4.99 Å². The second-order valence-electron chi connectivity index (χ2n) is 9.51. The molecule has 3 aromatic carbocycles. The Hall–Kier alpha value is -4.83. The van der Waals surface area contributed by atoms with E-state index in [1.807, 2.05) is 92.7 Å². The SMILES string of the molecule is CCC(=O)CC1=C(Cc2cccc(-c3ccccc3)c2C#N)CN(Cc2noc(-c3ccccc3)n2)C(C)=N1. The molecule has 4 aromatic rings. The van der Waals surface area contributed by atoms with Gasteiger partial charge in [0.15, 0.2) is 5.82 Å². The number of amidine groups is 1. The highest BCUT2D eigenvalue weighted by Gasteiger charge is 2.24. The monoisotopic (exact) mass is 515 g/mol. The third-order valence-corrected chi connectivity index (χ3v) is 6.88. The molecule has 0 spiro atoms. The quantitative estimate of drug-likeness (QED) is 0.257. The Labute approximate surface area is 228 Å². The van der Waals surface area contributed by atoms with Crippen LogP contribution in [0, 0.1) is 11.3 Å². The number of rotatable bonds is 9. The summed E-state index contributed by atoms with van der Waals surface area (Å²) in [5.41, 5.74) is 6.10. The molecule has 1 aliphatic heterocycles. The van der Waals surface area contributed by atoms with E-state index in [2.05, 4.69) is 21.1 Å². The molecule has 7 nitrogen and oxygen atoms in total. The van der Waals surface area contributed by atoms with Crippen molar-refractivity contribution < 1.29 is 9.32 Å². The first-order valence-corrected chi connectivity index (χ1v) is 13.0. The minimum Gasteiger partial charge on any atom is -0.349 e. The van der Waals surface area contributed by atoms with Crippen molar-refractivity contribution in [2.24, 2.45) is 4.99 Å². The van der Waals surface area contributed by atoms with Gasteiger partial charge in [-0.15, -0.1) is 0 Å². The van der Waals surface area contributed by atoms with Gasteiger partial charge in [0.05, 0.1) is 17.8 Å². The van der Waals surface area contributed by atoms with E-state index in [0.29, 0.717) is 43.2 Å². The highest BCUT2D eigenvalue weighted by molar-refractivity contribution is 5.85. The standard InChI is InChI=1S/C32H29N5O2/c1-3-27(38)18-30-26(17-25-15-10-16-28(29(25)19-33)23-11-6-4-7-12-23)20-37(22(2)34-30)21-31-35-32(39-36-31)24-13-8-5-9-14-24/h4-16H,3,17-18,20-21H2,1-2H3. The summed E-state index contributed by atoms with van der Waals surface area (Å²) in [6, 6.07) is 27.9. The lowest BCUT2D eigenvalue weighted by atomic mass is 9.91. The van der Waals surface area contributed by atoms with E-state index < -0.39 is 0 Å². The molecule has 1 aromatic heterocycles. The molecule has 0 saturated carbocycles. The van der Waals surface area contributed by atoms with Gasteiger partial charge in [0.25, 0.3) is 5.89 Å². The van der Waals surface area contributed by atoms with E-state index in [1.165, 1.54) is 0 Å². The van der Waals surface area contributed by atoms with Crippen molar-refractivity contribution >= 4 is 11.6 Å². The summed E-state index contributed by atoms with van der Waals surface area (Å²) in [7, 11) is 0. The number of ketones is 1. The molecule has 0 saturated heterocycles. The molecule has 0 N–H and O–H groups in total. The summed E-state index contributed by atoms with van der Waals surface area (Å²) < 4.78 is 5.50. The molecule has 7 heteroatoms. The van der Waals surface area contributed by atoms with Crippen LogP contribution >= 0.6 is 0 Å². The van der Waals surface area contributed by atoms with Gasteiger partial charge in [-0.1, -0.05) is 78.8 Å². The van der Waals surface area contributed by atoms with Crippen LogP contribution in [0.25, 0.3) is 22.6 Å². The minimum absolute atomic E-state index is 0.136. The van der Waals surface area contributed by atoms with Gasteiger partial charge >= 0.3 is 0 Å². The smallest absolute Gasteiger partial charge is 0.257 e. The number of carbonyl (C=O) groups is 1. The molecule has 0 amide bonds. The van der Waals surface area contributed by atoms with E-state index in [4.69, 9.17) is 9.52 Å². The Kier molecular flexibility index (Phi) is 7.74. The average molecular weight is 516 g/mol. The van der Waals surface area contributed by atoms with Gasteiger partial charge in [0, 0.05) is 24.9 Å². The van der Waals surface area contributed by atoms with Crippen LogP contribution in [0.4, 0.5) is 0 Å². The highest BCUT2D eigenvalue weighted by Crippen LogP contribution is 2.30. The van der Waals surface area contributed by atoms with Crippen molar-refractivity contribution in [2.45, 2.75) is 39.7 Å². The summed E-state index contributed by atoms with van der Waals surface area (Å²) in [6.07, 6.45) is 1.25. The number of benzene rings is 3. The Morgan fingerprint density at radius 1 is 1.00 bits per heavy atom. The third-order valence-electron chi connectivity index (χ3n) is 6.88. The number of aromatic nitrogens is 2. The number of carbonyl (C=O) groups excluding carboxylic acids is 1. The molecule has 0 fully saturated rings. The second-order valence-corrected chi connectivity index (χ2v) is 9.51. The highest BCUT2D eigenvalue weighted by atomic mass is 16.5. The molecule has 2 heterocycles. The van der Waals surface area contributed by atoms with E-state index >= 15 is 0 Å². The number of aliphatic imine (C=N–C) groups is 1. The van der Waals surface area contributed by atoms with Crippen LogP contribution in [0.2, 0.25) is 0 Å². The first-order chi connectivity index (χ1) is 19.1. The Morgan fingerprint density at radius 3 is 2.41 bits per heavy atom. The number of nitrogens with zero attached hydrogens (tertiary/aromatic N) is 5. The van der Waals surface area contributed by atoms with Crippen molar-refractivity contribution in [1.29, 1.82) is 5.26 Å². The van der Waals surface area contributed by atoms with Crippen molar-refractivity contribution in [2.75, 3.05) is 6.54 Å². The maximum Gasteiger partial charge on any atom is 0.257 e. The van der Waals surface area contributed by atoms with Crippen LogP contribution in [-0.2, 0) is 17.8 Å². The molecule has 0 unspecified atom stereocenters. The van der Waals surface area contributed by atoms with Crippen LogP contribution in [0.5, 0.6) is 0 Å². The summed E-state index contributed by atoms with van der Waals surface area (Å²) in [5, 5.41) is 14.3. The fourth-order valence-corrected chi connectivity index (χ4v) is 4.74. The van der Waals surface area contributed by atoms with E-state index in [-0.39, 0.29) is 12.2 Å². The van der Waals surface area contributed by atoms with E-state index in [9.17, 15) is 10.1 Å². The molecule has 194 valence electrons. The molecule has 39 heavy (non-hydrogen) atoms. The molecule has 0 aliphatic carbocycles. The van der Waals surface area contributed by atoms with Crippen molar-refractivity contribution in [3.8, 4) is 28.7 Å².